The van der Waals surface area contributed by atoms with Gasteiger partial charge in [0.2, 0.25) is 5.95 Å². The molecule has 3 N–H and O–H groups in total. The molecule has 0 spiro atoms. The smallest absolute Gasteiger partial charge is 0.266 e. The molecule has 0 fully saturated rings. The third kappa shape index (κ3) is 2.86. The van der Waals surface area contributed by atoms with Crippen molar-refractivity contribution in [3.05, 3.63) is 42.7 Å². The summed E-state index contributed by atoms with van der Waals surface area (Å²) in [6.45, 7) is -0.469. The Kier molecular flexibility index (Phi) is 4.16. The predicted octanol–water partition coefficient (Wildman–Crippen LogP) is 0.246. The highest BCUT2D eigenvalue weighted by Gasteiger charge is 2.26. The molecule has 1 heterocycles. The average molecular weight is 294 g/mol. The summed E-state index contributed by atoms with van der Waals surface area (Å²) in [5.41, 5.74) is 6.01. The van der Waals surface area contributed by atoms with Crippen molar-refractivity contribution in [1.82, 2.24) is 9.97 Å². The van der Waals surface area contributed by atoms with Gasteiger partial charge in [0.05, 0.1) is 18.0 Å². The zero-order chi connectivity index (χ0) is 14.6. The summed E-state index contributed by atoms with van der Waals surface area (Å²) >= 11 is 0. The molecule has 0 saturated heterocycles. The third-order valence-corrected chi connectivity index (χ3v) is 4.34. The Morgan fingerprint density at radius 2 is 1.75 bits per heavy atom. The van der Waals surface area contributed by atoms with Gasteiger partial charge in [0, 0.05) is 18.1 Å². The van der Waals surface area contributed by atoms with Crippen LogP contribution in [0.3, 0.4) is 0 Å². The second-order valence-corrected chi connectivity index (χ2v) is 5.78. The molecule has 0 aliphatic carbocycles. The zero-order valence-corrected chi connectivity index (χ0v) is 11.4. The van der Waals surface area contributed by atoms with Crippen molar-refractivity contribution in [2.45, 2.75) is 4.90 Å². The van der Waals surface area contributed by atoms with Gasteiger partial charge in [-0.1, -0.05) is 0 Å². The van der Waals surface area contributed by atoms with Gasteiger partial charge in [-0.05, 0) is 30.3 Å². The first-order valence-corrected chi connectivity index (χ1v) is 7.26. The van der Waals surface area contributed by atoms with Crippen molar-refractivity contribution < 1.29 is 13.5 Å². The quantitative estimate of drug-likeness (QED) is 0.765. The first kappa shape index (κ1) is 14.2. The topological polar surface area (TPSA) is 109 Å². The Morgan fingerprint density at radius 1 is 1.15 bits per heavy atom. The number of aliphatic hydroxyl groups excluding tert-OH is 1. The van der Waals surface area contributed by atoms with Gasteiger partial charge in [-0.15, -0.1) is 0 Å². The van der Waals surface area contributed by atoms with Crippen LogP contribution in [0.1, 0.15) is 0 Å². The van der Waals surface area contributed by atoms with Gasteiger partial charge < -0.3 is 10.8 Å². The van der Waals surface area contributed by atoms with E-state index < -0.39 is 10.0 Å². The standard InChI is InChI=1S/C12H14N4O3S/c13-10-2-4-11(5-3-10)20(18,19)16(8-9-17)12-14-6-1-7-15-12/h1-7,17H,8-9,13H2. The summed E-state index contributed by atoms with van der Waals surface area (Å²) in [6.07, 6.45) is 2.87. The molecule has 0 saturated carbocycles. The summed E-state index contributed by atoms with van der Waals surface area (Å²) in [7, 11) is -3.84. The molecule has 2 rings (SSSR count). The molecule has 0 amide bonds. The molecular weight excluding hydrogens is 280 g/mol. The summed E-state index contributed by atoms with van der Waals surface area (Å²) < 4.78 is 26.0. The predicted molar refractivity (Wildman–Crippen MR) is 74.5 cm³/mol. The molecule has 0 atom stereocenters. The number of hydrogen-bond acceptors (Lipinski definition) is 6. The van der Waals surface area contributed by atoms with E-state index in [0.717, 1.165) is 4.31 Å². The Labute approximate surface area is 116 Å². The van der Waals surface area contributed by atoms with Crippen LogP contribution in [0.25, 0.3) is 0 Å². The van der Waals surface area contributed by atoms with Crippen LogP contribution in [0.5, 0.6) is 0 Å². The molecule has 20 heavy (non-hydrogen) atoms. The summed E-state index contributed by atoms with van der Waals surface area (Å²) in [4.78, 5) is 7.88. The number of nitrogens with two attached hydrogens (primary N) is 1. The van der Waals surface area contributed by atoms with E-state index >= 15 is 0 Å². The van der Waals surface area contributed by atoms with Gasteiger partial charge >= 0.3 is 0 Å². The fourth-order valence-corrected chi connectivity index (χ4v) is 2.97. The largest absolute Gasteiger partial charge is 0.399 e. The highest BCUT2D eigenvalue weighted by molar-refractivity contribution is 7.92. The second kappa shape index (κ2) is 5.85. The van der Waals surface area contributed by atoms with E-state index in [1.54, 1.807) is 6.07 Å². The highest BCUT2D eigenvalue weighted by atomic mass is 32.2. The number of aromatic nitrogens is 2. The number of aliphatic hydroxyl groups is 1. The van der Waals surface area contributed by atoms with Crippen LogP contribution in [-0.2, 0) is 10.0 Å². The van der Waals surface area contributed by atoms with Crippen LogP contribution in [0.15, 0.2) is 47.6 Å². The monoisotopic (exact) mass is 294 g/mol. The van der Waals surface area contributed by atoms with Crippen LogP contribution < -0.4 is 10.0 Å². The van der Waals surface area contributed by atoms with Gasteiger partial charge in [-0.3, -0.25) is 0 Å². The van der Waals surface area contributed by atoms with Crippen LogP contribution in [0, 0.1) is 0 Å². The van der Waals surface area contributed by atoms with E-state index in [2.05, 4.69) is 9.97 Å². The van der Waals surface area contributed by atoms with Crippen molar-refractivity contribution in [2.24, 2.45) is 0 Å². The normalized spacial score (nSPS) is 11.2. The SMILES string of the molecule is Nc1ccc(S(=O)(=O)N(CCO)c2ncccn2)cc1. The highest BCUT2D eigenvalue weighted by Crippen LogP contribution is 2.20. The molecule has 8 heteroatoms. The lowest BCUT2D eigenvalue weighted by atomic mass is 10.3. The molecule has 0 aliphatic heterocycles. The van der Waals surface area contributed by atoms with Crippen LogP contribution >= 0.6 is 0 Å². The van der Waals surface area contributed by atoms with Crippen LogP contribution in [0.2, 0.25) is 0 Å². The molecule has 1 aromatic heterocycles. The lowest BCUT2D eigenvalue weighted by Gasteiger charge is -2.21. The molecule has 2 aromatic rings. The lowest BCUT2D eigenvalue weighted by Crippen LogP contribution is -2.34. The molecular formula is C12H14N4O3S. The Hall–Kier alpha value is -2.19. The van der Waals surface area contributed by atoms with Gasteiger partial charge in [0.1, 0.15) is 0 Å². The summed E-state index contributed by atoms with van der Waals surface area (Å²) in [5, 5.41) is 9.07. The molecule has 0 unspecified atom stereocenters. The number of nitrogen functional groups attached to an aromatic ring is 1. The third-order valence-electron chi connectivity index (χ3n) is 2.55. The fourth-order valence-electron chi connectivity index (χ4n) is 1.61. The van der Waals surface area contributed by atoms with E-state index in [-0.39, 0.29) is 24.0 Å². The van der Waals surface area contributed by atoms with Gasteiger partial charge in [-0.2, -0.15) is 0 Å². The van der Waals surface area contributed by atoms with E-state index in [9.17, 15) is 8.42 Å². The van der Waals surface area contributed by atoms with Gasteiger partial charge in [-0.25, -0.2) is 22.7 Å². The summed E-state index contributed by atoms with van der Waals surface area (Å²) in [5.74, 6) is 0.0124. The zero-order valence-electron chi connectivity index (χ0n) is 10.5. The second-order valence-electron chi connectivity index (χ2n) is 3.92. The minimum atomic E-state index is -3.84. The maximum absolute atomic E-state index is 12.5. The van der Waals surface area contributed by atoms with Crippen molar-refractivity contribution in [3.8, 4) is 0 Å². The van der Waals surface area contributed by atoms with Crippen molar-refractivity contribution in [1.29, 1.82) is 0 Å². The molecule has 7 nitrogen and oxygen atoms in total. The molecule has 0 aliphatic rings. The number of rotatable bonds is 5. The first-order chi connectivity index (χ1) is 9.55. The van der Waals surface area contributed by atoms with Crippen molar-refractivity contribution >= 4 is 21.7 Å². The molecule has 0 radical (unpaired) electrons. The van der Waals surface area contributed by atoms with Gasteiger partial charge in [0.15, 0.2) is 0 Å². The minimum Gasteiger partial charge on any atom is -0.399 e. The van der Waals surface area contributed by atoms with E-state index in [0.29, 0.717) is 5.69 Å². The molecule has 1 aromatic carbocycles. The number of hydrogen-bond donors (Lipinski definition) is 2. The average Bonchev–Trinajstić information content (AvgIpc) is 2.46. The van der Waals surface area contributed by atoms with E-state index in [1.165, 1.54) is 36.7 Å². The van der Waals surface area contributed by atoms with Crippen molar-refractivity contribution in [3.63, 3.8) is 0 Å². The summed E-state index contributed by atoms with van der Waals surface area (Å²) in [6, 6.07) is 7.37. The Morgan fingerprint density at radius 3 is 2.30 bits per heavy atom. The van der Waals surface area contributed by atoms with E-state index in [4.69, 9.17) is 10.8 Å². The fraction of sp³-hybridized carbons (Fsp3) is 0.167. The lowest BCUT2D eigenvalue weighted by molar-refractivity contribution is 0.306. The number of anilines is 2. The number of sulfonamides is 1. The molecule has 106 valence electrons. The minimum absolute atomic E-state index is 0.0124. The maximum Gasteiger partial charge on any atom is 0.266 e. The van der Waals surface area contributed by atoms with Gasteiger partial charge in [0.25, 0.3) is 10.0 Å². The number of nitrogens with zero attached hydrogens (tertiary/aromatic N) is 3. The molecule has 0 bridgehead atoms. The Bertz CT molecular complexity index is 659. The Balaban J connectivity index is 2.45. The van der Waals surface area contributed by atoms with Crippen LogP contribution in [-0.4, -0.2) is 36.6 Å². The first-order valence-electron chi connectivity index (χ1n) is 5.82. The maximum atomic E-state index is 12.5. The van der Waals surface area contributed by atoms with E-state index in [1.807, 2.05) is 0 Å². The van der Waals surface area contributed by atoms with Crippen LogP contribution in [0.4, 0.5) is 11.6 Å². The number of benzene rings is 1. The van der Waals surface area contributed by atoms with Crippen molar-refractivity contribution in [2.75, 3.05) is 23.2 Å².